The molecule has 0 spiro atoms. The molecule has 0 atom stereocenters. The molecule has 0 saturated heterocycles. The fourth-order valence-electron chi connectivity index (χ4n) is 3.95. The van der Waals surface area contributed by atoms with E-state index < -0.39 is 17.6 Å². The Morgan fingerprint density at radius 2 is 1.91 bits per heavy atom. The minimum atomic E-state index is -0.980. The average Bonchev–Trinajstić information content (AvgIpc) is 2.98. The van der Waals surface area contributed by atoms with Gasteiger partial charge in [-0.1, -0.05) is 29.8 Å². The molecule has 0 aliphatic rings. The monoisotopic (exact) mass is 456 g/mol. The van der Waals surface area contributed by atoms with Gasteiger partial charge in [-0.2, -0.15) is 0 Å². The van der Waals surface area contributed by atoms with Gasteiger partial charge in [-0.05, 0) is 42.3 Å². The Bertz CT molecular complexity index is 1410. The van der Waals surface area contributed by atoms with Gasteiger partial charge in [0.1, 0.15) is 6.54 Å². The number of hydrogen-bond donors (Lipinski definition) is 1. The Morgan fingerprint density at radius 1 is 1.12 bits per heavy atom. The van der Waals surface area contributed by atoms with Crippen LogP contribution in [0.4, 0.5) is 8.78 Å². The third-order valence-electron chi connectivity index (χ3n) is 5.51. The summed E-state index contributed by atoms with van der Waals surface area (Å²) in [5.74, 6) is -2.91. The van der Waals surface area contributed by atoms with Crippen molar-refractivity contribution in [3.8, 4) is 0 Å². The summed E-state index contributed by atoms with van der Waals surface area (Å²) in [5, 5.41) is 10.7. The molecule has 0 unspecified atom stereocenters. The fourth-order valence-corrected chi connectivity index (χ4v) is 4.13. The number of aliphatic carboxylic acids is 1. The van der Waals surface area contributed by atoms with Crippen LogP contribution >= 0.6 is 11.6 Å². The summed E-state index contributed by atoms with van der Waals surface area (Å²) in [6.45, 7) is 1.54. The Balaban J connectivity index is 1.75. The minimum Gasteiger partial charge on any atom is -0.480 e. The lowest BCUT2D eigenvalue weighted by Crippen LogP contribution is -2.20. The summed E-state index contributed by atoms with van der Waals surface area (Å²) in [7, 11) is 0. The van der Waals surface area contributed by atoms with Crippen LogP contribution in [0.5, 0.6) is 0 Å². The summed E-state index contributed by atoms with van der Waals surface area (Å²) in [6.07, 6.45) is 2.01. The van der Waals surface area contributed by atoms with Crippen molar-refractivity contribution in [1.29, 1.82) is 0 Å². The molecule has 0 aliphatic carbocycles. The van der Waals surface area contributed by atoms with Gasteiger partial charge in [0, 0.05) is 45.9 Å². The third kappa shape index (κ3) is 4.16. The van der Waals surface area contributed by atoms with Crippen molar-refractivity contribution >= 4 is 28.5 Å². The van der Waals surface area contributed by atoms with Crippen LogP contribution in [0.25, 0.3) is 10.9 Å². The molecule has 2 heterocycles. The first kappa shape index (κ1) is 21.8. The van der Waals surface area contributed by atoms with E-state index in [1.807, 2.05) is 6.92 Å². The molecule has 0 radical (unpaired) electrons. The molecule has 4 rings (SSSR count). The zero-order chi connectivity index (χ0) is 23.0. The van der Waals surface area contributed by atoms with Crippen LogP contribution in [0.1, 0.15) is 22.4 Å². The van der Waals surface area contributed by atoms with Crippen LogP contribution in [0.3, 0.4) is 0 Å². The SMILES string of the molecule is Cc1c(Cc2ccc(=O)n(Cc3cccc(F)c3F)c2)c2cc(Cl)ccc2n1CC(=O)O. The molecule has 8 heteroatoms. The molecule has 32 heavy (non-hydrogen) atoms. The summed E-state index contributed by atoms with van der Waals surface area (Å²) in [6, 6.07) is 12.2. The van der Waals surface area contributed by atoms with E-state index in [0.29, 0.717) is 11.4 Å². The topological polar surface area (TPSA) is 64.2 Å². The van der Waals surface area contributed by atoms with E-state index in [1.54, 1.807) is 35.0 Å². The number of rotatable bonds is 6. The Kier molecular flexibility index (Phi) is 5.84. The molecule has 2 aromatic heterocycles. The van der Waals surface area contributed by atoms with Crippen molar-refractivity contribution in [3.63, 3.8) is 0 Å². The average molecular weight is 457 g/mol. The number of carboxylic acid groups (broad SMARTS) is 1. The molecule has 2 aromatic carbocycles. The van der Waals surface area contributed by atoms with Gasteiger partial charge in [-0.15, -0.1) is 0 Å². The molecule has 4 aromatic rings. The molecule has 164 valence electrons. The Morgan fingerprint density at radius 3 is 2.66 bits per heavy atom. The van der Waals surface area contributed by atoms with Crippen LogP contribution < -0.4 is 5.56 Å². The van der Waals surface area contributed by atoms with E-state index in [2.05, 4.69) is 0 Å². The highest BCUT2D eigenvalue weighted by molar-refractivity contribution is 6.31. The third-order valence-corrected chi connectivity index (χ3v) is 5.74. The van der Waals surface area contributed by atoms with Gasteiger partial charge in [0.2, 0.25) is 0 Å². The van der Waals surface area contributed by atoms with Gasteiger partial charge in [-0.25, -0.2) is 8.78 Å². The van der Waals surface area contributed by atoms with Crippen molar-refractivity contribution in [2.24, 2.45) is 0 Å². The van der Waals surface area contributed by atoms with Gasteiger partial charge >= 0.3 is 5.97 Å². The van der Waals surface area contributed by atoms with Crippen LogP contribution in [0, 0.1) is 18.6 Å². The molecule has 1 N–H and O–H groups in total. The Labute approximate surface area is 187 Å². The van der Waals surface area contributed by atoms with Crippen LogP contribution in [-0.4, -0.2) is 20.2 Å². The standard InChI is InChI=1S/C24H19ClF2N2O3/c1-14-18(19-10-17(25)6-7-21(19)29(14)13-23(31)32)9-15-5-8-22(30)28(11-15)12-16-3-2-4-20(26)24(16)27/h2-8,10-11H,9,12-13H2,1H3,(H,31,32). The van der Waals surface area contributed by atoms with E-state index in [1.165, 1.54) is 22.8 Å². The maximum absolute atomic E-state index is 14.1. The fraction of sp³-hybridized carbons (Fsp3) is 0.167. The molecular formula is C24H19ClF2N2O3. The minimum absolute atomic E-state index is 0.0743. The van der Waals surface area contributed by atoms with Gasteiger partial charge in [0.05, 0.1) is 6.54 Å². The normalized spacial score (nSPS) is 11.2. The number of nitrogens with zero attached hydrogens (tertiary/aromatic N) is 2. The van der Waals surface area contributed by atoms with Gasteiger partial charge < -0.3 is 14.2 Å². The van der Waals surface area contributed by atoms with Gasteiger partial charge in [0.15, 0.2) is 11.6 Å². The first-order valence-electron chi connectivity index (χ1n) is 9.86. The molecule has 0 amide bonds. The smallest absolute Gasteiger partial charge is 0.323 e. The largest absolute Gasteiger partial charge is 0.480 e. The predicted octanol–water partition coefficient (Wildman–Crippen LogP) is 4.77. The van der Waals surface area contributed by atoms with Crippen molar-refractivity contribution in [2.45, 2.75) is 26.4 Å². The van der Waals surface area contributed by atoms with Crippen LogP contribution in [0.2, 0.25) is 5.02 Å². The second kappa shape index (κ2) is 8.59. The first-order chi connectivity index (χ1) is 15.2. The zero-order valence-electron chi connectivity index (χ0n) is 17.1. The van der Waals surface area contributed by atoms with Gasteiger partial charge in [-0.3, -0.25) is 9.59 Å². The van der Waals surface area contributed by atoms with E-state index in [4.69, 9.17) is 11.6 Å². The molecule has 0 aliphatic heterocycles. The van der Waals surface area contributed by atoms with Crippen molar-refractivity contribution in [1.82, 2.24) is 9.13 Å². The predicted molar refractivity (Wildman–Crippen MR) is 118 cm³/mol. The first-order valence-corrected chi connectivity index (χ1v) is 10.2. The number of halogens is 3. The highest BCUT2D eigenvalue weighted by atomic mass is 35.5. The quantitative estimate of drug-likeness (QED) is 0.454. The maximum Gasteiger partial charge on any atom is 0.323 e. The van der Waals surface area contributed by atoms with E-state index in [9.17, 15) is 23.5 Å². The number of aromatic nitrogens is 2. The van der Waals surface area contributed by atoms with E-state index in [0.717, 1.165) is 33.8 Å². The number of carboxylic acids is 1. The lowest BCUT2D eigenvalue weighted by atomic mass is 10.0. The number of pyridine rings is 1. The number of benzene rings is 2. The number of carbonyl (C=O) groups is 1. The summed E-state index contributed by atoms with van der Waals surface area (Å²) in [5.41, 5.74) is 2.90. The summed E-state index contributed by atoms with van der Waals surface area (Å²) < 4.78 is 30.7. The van der Waals surface area contributed by atoms with Crippen molar-refractivity contribution in [2.75, 3.05) is 0 Å². The van der Waals surface area contributed by atoms with Crippen molar-refractivity contribution < 1.29 is 18.7 Å². The molecule has 0 saturated carbocycles. The van der Waals surface area contributed by atoms with Crippen LogP contribution in [-0.2, 0) is 24.3 Å². The molecular weight excluding hydrogens is 438 g/mol. The highest BCUT2D eigenvalue weighted by Crippen LogP contribution is 2.30. The molecule has 0 bridgehead atoms. The lowest BCUT2D eigenvalue weighted by molar-refractivity contribution is -0.137. The lowest BCUT2D eigenvalue weighted by Gasteiger charge is -2.10. The highest BCUT2D eigenvalue weighted by Gasteiger charge is 2.17. The van der Waals surface area contributed by atoms with E-state index in [-0.39, 0.29) is 24.2 Å². The molecule has 0 fully saturated rings. The molecule has 5 nitrogen and oxygen atoms in total. The maximum atomic E-state index is 14.1. The Hall–Kier alpha value is -3.45. The second-order valence-corrected chi connectivity index (χ2v) is 8.03. The van der Waals surface area contributed by atoms with Crippen LogP contribution in [0.15, 0.2) is 59.5 Å². The number of fused-ring (bicyclic) bond motifs is 1. The second-order valence-electron chi connectivity index (χ2n) is 7.60. The van der Waals surface area contributed by atoms with E-state index >= 15 is 0 Å². The number of hydrogen-bond acceptors (Lipinski definition) is 2. The summed E-state index contributed by atoms with van der Waals surface area (Å²) >= 11 is 6.19. The summed E-state index contributed by atoms with van der Waals surface area (Å²) in [4.78, 5) is 23.7. The van der Waals surface area contributed by atoms with Crippen molar-refractivity contribution in [3.05, 3.63) is 104 Å². The van der Waals surface area contributed by atoms with Gasteiger partial charge in [0.25, 0.3) is 5.56 Å². The zero-order valence-corrected chi connectivity index (χ0v) is 17.9.